The van der Waals surface area contributed by atoms with Gasteiger partial charge in [-0.25, -0.2) is 4.79 Å². The molecule has 0 aliphatic carbocycles. The minimum absolute atomic E-state index is 0.0312. The third-order valence-electron chi connectivity index (χ3n) is 6.05. The van der Waals surface area contributed by atoms with E-state index in [-0.39, 0.29) is 18.5 Å². The number of carboxylic acid groups (broad SMARTS) is 1. The van der Waals surface area contributed by atoms with Crippen molar-refractivity contribution in [3.63, 3.8) is 0 Å². The molecule has 4 N–H and O–H groups in total. The molecule has 37 heavy (non-hydrogen) atoms. The minimum atomic E-state index is -1.64. The molecule has 0 aliphatic heterocycles. The number of nitrogens with zero attached hydrogens (tertiary/aromatic N) is 1. The fourth-order valence-electron chi connectivity index (χ4n) is 3.59. The van der Waals surface area contributed by atoms with Crippen molar-refractivity contribution >= 4 is 23.3 Å². The van der Waals surface area contributed by atoms with Crippen molar-refractivity contribution < 1.29 is 24.5 Å². The van der Waals surface area contributed by atoms with Gasteiger partial charge < -0.3 is 30.5 Å². The Morgan fingerprint density at radius 3 is 1.97 bits per heavy atom. The molecular formula is C29H35N3O5. The highest BCUT2D eigenvalue weighted by Crippen LogP contribution is 2.25. The van der Waals surface area contributed by atoms with Crippen LogP contribution in [0.3, 0.4) is 0 Å². The highest BCUT2D eigenvalue weighted by molar-refractivity contribution is 5.94. The summed E-state index contributed by atoms with van der Waals surface area (Å²) >= 11 is 0. The number of ether oxygens (including phenoxy) is 1. The molecule has 0 spiro atoms. The van der Waals surface area contributed by atoms with Gasteiger partial charge >= 0.3 is 5.97 Å². The smallest absolute Gasteiger partial charge is 0.334 e. The van der Waals surface area contributed by atoms with Gasteiger partial charge in [-0.05, 0) is 65.6 Å². The molecule has 1 amide bonds. The Bertz CT molecular complexity index is 1160. The van der Waals surface area contributed by atoms with E-state index in [1.54, 1.807) is 24.3 Å². The molecule has 0 aromatic heterocycles. The van der Waals surface area contributed by atoms with Gasteiger partial charge in [0.15, 0.2) is 6.10 Å². The molecule has 0 bridgehead atoms. The number of nitrogens with one attached hydrogen (secondary N) is 2. The molecule has 0 radical (unpaired) electrons. The Morgan fingerprint density at radius 2 is 1.46 bits per heavy atom. The second kappa shape index (κ2) is 12.8. The van der Waals surface area contributed by atoms with Crippen LogP contribution in [0.25, 0.3) is 11.1 Å². The second-order valence-electron chi connectivity index (χ2n) is 9.41. The van der Waals surface area contributed by atoms with Gasteiger partial charge in [0.2, 0.25) is 0 Å². The van der Waals surface area contributed by atoms with Crippen molar-refractivity contribution in [1.82, 2.24) is 5.32 Å². The Kier molecular flexibility index (Phi) is 9.51. The predicted octanol–water partition coefficient (Wildman–Crippen LogP) is 4.11. The van der Waals surface area contributed by atoms with Crippen LogP contribution in [0.15, 0.2) is 72.8 Å². The van der Waals surface area contributed by atoms with Crippen molar-refractivity contribution in [2.75, 3.05) is 37.5 Å². The van der Waals surface area contributed by atoms with Gasteiger partial charge in [-0.3, -0.25) is 4.79 Å². The van der Waals surface area contributed by atoms with E-state index in [0.717, 1.165) is 28.3 Å². The van der Waals surface area contributed by atoms with Gasteiger partial charge in [-0.2, -0.15) is 0 Å². The van der Waals surface area contributed by atoms with Crippen LogP contribution in [0.4, 0.5) is 11.4 Å². The Labute approximate surface area is 217 Å². The molecule has 8 heteroatoms. The lowest BCUT2D eigenvalue weighted by Gasteiger charge is -2.24. The van der Waals surface area contributed by atoms with Crippen LogP contribution in [-0.2, 0) is 4.79 Å². The molecule has 2 atom stereocenters. The van der Waals surface area contributed by atoms with Crippen LogP contribution in [0.1, 0.15) is 24.2 Å². The number of aliphatic carboxylic acids is 1. The summed E-state index contributed by atoms with van der Waals surface area (Å²) in [5, 5.41) is 23.9. The van der Waals surface area contributed by atoms with Crippen LogP contribution < -0.4 is 20.3 Å². The van der Waals surface area contributed by atoms with E-state index < -0.39 is 18.0 Å². The largest absolute Gasteiger partial charge is 0.491 e. The number of anilines is 2. The van der Waals surface area contributed by atoms with Gasteiger partial charge in [-0.15, -0.1) is 0 Å². The number of amides is 1. The topological polar surface area (TPSA) is 111 Å². The van der Waals surface area contributed by atoms with Crippen molar-refractivity contribution in [1.29, 1.82) is 0 Å². The molecule has 0 heterocycles. The third kappa shape index (κ3) is 7.98. The van der Waals surface area contributed by atoms with Gasteiger partial charge in [0.1, 0.15) is 12.4 Å². The van der Waals surface area contributed by atoms with E-state index >= 15 is 0 Å². The monoisotopic (exact) mass is 505 g/mol. The van der Waals surface area contributed by atoms with Gasteiger partial charge in [0.25, 0.3) is 5.91 Å². The van der Waals surface area contributed by atoms with Crippen LogP contribution in [0.2, 0.25) is 0 Å². The zero-order chi connectivity index (χ0) is 26.9. The Balaban J connectivity index is 1.55. The number of benzene rings is 3. The lowest BCUT2D eigenvalue weighted by atomic mass is 10.0. The van der Waals surface area contributed by atoms with E-state index in [1.165, 1.54) is 0 Å². The maximum Gasteiger partial charge on any atom is 0.334 e. The summed E-state index contributed by atoms with van der Waals surface area (Å²) in [4.78, 5) is 24.9. The number of carboxylic acids is 1. The molecule has 3 aromatic carbocycles. The van der Waals surface area contributed by atoms with Gasteiger partial charge in [-0.1, -0.05) is 38.1 Å². The summed E-state index contributed by atoms with van der Waals surface area (Å²) < 4.78 is 6.07. The standard InChI is InChI=1S/C29H35N3O5/c1-19(2)26(31-23-11-5-22(6-12-23)28(34)30-17-27(33)29(35)36)18-37-25-15-9-21(10-16-25)20-7-13-24(14-8-20)32(3)4/h5-16,19,26-27,31,33H,17-18H2,1-4H3,(H,30,34)(H,35,36). The van der Waals surface area contributed by atoms with Gasteiger partial charge in [0.05, 0.1) is 12.6 Å². The molecular weight excluding hydrogens is 470 g/mol. The van der Waals surface area contributed by atoms with Crippen LogP contribution >= 0.6 is 0 Å². The SMILES string of the molecule is CC(C)C(COc1ccc(-c2ccc(N(C)C)cc2)cc1)Nc1ccc(C(=O)NCC(O)C(=O)O)cc1. The number of aliphatic hydroxyl groups is 1. The van der Waals surface area contributed by atoms with E-state index in [1.807, 2.05) is 26.2 Å². The van der Waals surface area contributed by atoms with Crippen LogP contribution in [0.5, 0.6) is 5.75 Å². The number of carbonyl (C=O) groups excluding carboxylic acids is 1. The maximum absolute atomic E-state index is 12.2. The molecule has 0 fully saturated rings. The van der Waals surface area contributed by atoms with E-state index in [9.17, 15) is 14.7 Å². The Morgan fingerprint density at radius 1 is 0.892 bits per heavy atom. The first-order valence-corrected chi connectivity index (χ1v) is 12.2. The fraction of sp³-hybridized carbons (Fsp3) is 0.310. The minimum Gasteiger partial charge on any atom is -0.491 e. The summed E-state index contributed by atoms with van der Waals surface area (Å²) in [6.07, 6.45) is -1.64. The molecule has 196 valence electrons. The normalized spacial score (nSPS) is 12.5. The van der Waals surface area contributed by atoms with Gasteiger partial charge in [0, 0.05) is 31.0 Å². The average Bonchev–Trinajstić information content (AvgIpc) is 2.90. The zero-order valence-electron chi connectivity index (χ0n) is 21.6. The zero-order valence-corrected chi connectivity index (χ0v) is 21.6. The summed E-state index contributed by atoms with van der Waals surface area (Å²) in [6.45, 7) is 4.32. The van der Waals surface area contributed by atoms with Crippen molar-refractivity contribution in [3.05, 3.63) is 78.4 Å². The quantitative estimate of drug-likeness (QED) is 0.293. The summed E-state index contributed by atoms with van der Waals surface area (Å²) in [7, 11) is 4.04. The number of hydrogen-bond donors (Lipinski definition) is 4. The average molecular weight is 506 g/mol. The van der Waals surface area contributed by atoms with E-state index in [0.29, 0.717) is 12.2 Å². The summed E-state index contributed by atoms with van der Waals surface area (Å²) in [5.41, 5.74) is 4.63. The third-order valence-corrected chi connectivity index (χ3v) is 6.05. The number of carbonyl (C=O) groups is 2. The molecule has 0 saturated carbocycles. The molecule has 3 aromatic rings. The highest BCUT2D eigenvalue weighted by atomic mass is 16.5. The van der Waals surface area contributed by atoms with Crippen LogP contribution in [-0.4, -0.2) is 61.5 Å². The molecule has 3 rings (SSSR count). The maximum atomic E-state index is 12.2. The number of hydrogen-bond acceptors (Lipinski definition) is 6. The first kappa shape index (κ1) is 27.5. The Hall–Kier alpha value is -4.04. The molecule has 2 unspecified atom stereocenters. The number of rotatable bonds is 12. The highest BCUT2D eigenvalue weighted by Gasteiger charge is 2.17. The van der Waals surface area contributed by atoms with E-state index in [4.69, 9.17) is 9.84 Å². The lowest BCUT2D eigenvalue weighted by Crippen LogP contribution is -2.36. The van der Waals surface area contributed by atoms with Crippen molar-refractivity contribution in [2.45, 2.75) is 26.0 Å². The second-order valence-corrected chi connectivity index (χ2v) is 9.41. The van der Waals surface area contributed by atoms with E-state index in [2.05, 4.69) is 65.8 Å². The van der Waals surface area contributed by atoms with Crippen molar-refractivity contribution in [3.8, 4) is 16.9 Å². The van der Waals surface area contributed by atoms with Crippen molar-refractivity contribution in [2.24, 2.45) is 5.92 Å². The summed E-state index contributed by atoms with van der Waals surface area (Å²) in [6, 6.07) is 23.4. The first-order valence-electron chi connectivity index (χ1n) is 12.2. The molecule has 0 aliphatic rings. The number of aliphatic hydroxyl groups excluding tert-OH is 1. The first-order chi connectivity index (χ1) is 17.6. The molecule has 0 saturated heterocycles. The predicted molar refractivity (Wildman–Crippen MR) is 146 cm³/mol. The summed E-state index contributed by atoms with van der Waals surface area (Å²) in [5.74, 6) is -0.757. The molecule has 8 nitrogen and oxygen atoms in total. The fourth-order valence-corrected chi connectivity index (χ4v) is 3.59. The van der Waals surface area contributed by atoms with Crippen LogP contribution in [0, 0.1) is 5.92 Å². The lowest BCUT2D eigenvalue weighted by molar-refractivity contribution is -0.146.